The van der Waals surface area contributed by atoms with Crippen LogP contribution in [0.2, 0.25) is 0 Å². The molecule has 3 nitrogen and oxygen atoms in total. The average molecular weight is 316 g/mol. The SMILES string of the molecule is CC(CC1CCCCCN1)NC1CCN(Cc2ccccc2)C1. The summed E-state index contributed by atoms with van der Waals surface area (Å²) in [4.78, 5) is 2.59. The highest BCUT2D eigenvalue weighted by Crippen LogP contribution is 2.16. The second kappa shape index (κ2) is 8.81. The van der Waals surface area contributed by atoms with Gasteiger partial charge in [-0.3, -0.25) is 4.90 Å². The zero-order valence-electron chi connectivity index (χ0n) is 14.6. The molecule has 2 heterocycles. The number of nitrogens with zero attached hydrogens (tertiary/aromatic N) is 1. The zero-order chi connectivity index (χ0) is 15.9. The minimum Gasteiger partial charge on any atom is -0.314 e. The van der Waals surface area contributed by atoms with Crippen LogP contribution in [0.5, 0.6) is 0 Å². The molecule has 2 N–H and O–H groups in total. The van der Waals surface area contributed by atoms with Crippen LogP contribution >= 0.6 is 0 Å². The van der Waals surface area contributed by atoms with E-state index in [0.29, 0.717) is 12.1 Å². The molecule has 23 heavy (non-hydrogen) atoms. The van der Waals surface area contributed by atoms with Gasteiger partial charge in [-0.1, -0.05) is 43.2 Å². The molecule has 3 unspecified atom stereocenters. The molecule has 3 heteroatoms. The maximum Gasteiger partial charge on any atom is 0.0234 e. The van der Waals surface area contributed by atoms with Crippen molar-refractivity contribution in [2.24, 2.45) is 0 Å². The van der Waals surface area contributed by atoms with Crippen molar-refractivity contribution in [3.05, 3.63) is 35.9 Å². The Hall–Kier alpha value is -0.900. The van der Waals surface area contributed by atoms with Crippen LogP contribution in [0, 0.1) is 0 Å². The zero-order valence-corrected chi connectivity index (χ0v) is 14.6. The molecule has 0 radical (unpaired) electrons. The second-order valence-electron chi connectivity index (χ2n) is 7.51. The van der Waals surface area contributed by atoms with Gasteiger partial charge in [0.05, 0.1) is 0 Å². The maximum atomic E-state index is 3.88. The predicted molar refractivity (Wildman–Crippen MR) is 97.6 cm³/mol. The first-order valence-electron chi connectivity index (χ1n) is 9.55. The summed E-state index contributed by atoms with van der Waals surface area (Å²) < 4.78 is 0. The Morgan fingerprint density at radius 3 is 2.91 bits per heavy atom. The fourth-order valence-corrected chi connectivity index (χ4v) is 4.15. The minimum atomic E-state index is 0.618. The largest absolute Gasteiger partial charge is 0.314 e. The number of benzene rings is 1. The van der Waals surface area contributed by atoms with Gasteiger partial charge in [0, 0.05) is 37.8 Å². The number of rotatable bonds is 6. The fraction of sp³-hybridized carbons (Fsp3) is 0.700. The van der Waals surface area contributed by atoms with Crippen molar-refractivity contribution < 1.29 is 0 Å². The third-order valence-corrected chi connectivity index (χ3v) is 5.34. The lowest BCUT2D eigenvalue weighted by Gasteiger charge is -2.24. The monoisotopic (exact) mass is 315 g/mol. The number of hydrogen-bond donors (Lipinski definition) is 2. The van der Waals surface area contributed by atoms with Gasteiger partial charge in [-0.2, -0.15) is 0 Å². The quantitative estimate of drug-likeness (QED) is 0.844. The first-order valence-corrected chi connectivity index (χ1v) is 9.55. The molecule has 3 atom stereocenters. The van der Waals surface area contributed by atoms with Crippen molar-refractivity contribution in [2.45, 2.75) is 70.1 Å². The van der Waals surface area contributed by atoms with Crippen molar-refractivity contribution in [2.75, 3.05) is 19.6 Å². The Morgan fingerprint density at radius 1 is 1.17 bits per heavy atom. The molecule has 0 aliphatic carbocycles. The van der Waals surface area contributed by atoms with Crippen molar-refractivity contribution in [1.82, 2.24) is 15.5 Å². The Bertz CT molecular complexity index is 439. The van der Waals surface area contributed by atoms with Crippen LogP contribution in [0.3, 0.4) is 0 Å². The van der Waals surface area contributed by atoms with E-state index in [9.17, 15) is 0 Å². The van der Waals surface area contributed by atoms with Crippen LogP contribution in [0.4, 0.5) is 0 Å². The van der Waals surface area contributed by atoms with Gasteiger partial charge in [0.15, 0.2) is 0 Å². The highest BCUT2D eigenvalue weighted by Gasteiger charge is 2.24. The number of nitrogens with one attached hydrogen (secondary N) is 2. The topological polar surface area (TPSA) is 27.3 Å². The minimum absolute atomic E-state index is 0.618. The van der Waals surface area contributed by atoms with E-state index in [-0.39, 0.29) is 0 Å². The molecule has 0 bridgehead atoms. The van der Waals surface area contributed by atoms with Crippen LogP contribution < -0.4 is 10.6 Å². The smallest absolute Gasteiger partial charge is 0.0234 e. The maximum absolute atomic E-state index is 3.88. The summed E-state index contributed by atoms with van der Waals surface area (Å²) in [6.07, 6.45) is 8.08. The second-order valence-corrected chi connectivity index (χ2v) is 7.51. The molecule has 2 aliphatic rings. The van der Waals surface area contributed by atoms with Gasteiger partial charge in [-0.05, 0) is 44.7 Å². The van der Waals surface area contributed by atoms with Crippen molar-refractivity contribution in [3.8, 4) is 0 Å². The molecular weight excluding hydrogens is 282 g/mol. The third-order valence-electron chi connectivity index (χ3n) is 5.34. The fourth-order valence-electron chi connectivity index (χ4n) is 4.15. The van der Waals surface area contributed by atoms with E-state index in [1.54, 1.807) is 0 Å². The summed E-state index contributed by atoms with van der Waals surface area (Å²) in [5.41, 5.74) is 1.43. The highest BCUT2D eigenvalue weighted by molar-refractivity contribution is 5.14. The summed E-state index contributed by atoms with van der Waals surface area (Å²) in [7, 11) is 0. The molecule has 3 rings (SSSR count). The molecule has 2 aliphatic heterocycles. The molecule has 0 amide bonds. The van der Waals surface area contributed by atoms with Gasteiger partial charge in [0.2, 0.25) is 0 Å². The third kappa shape index (κ3) is 5.59. The summed E-state index contributed by atoms with van der Waals surface area (Å²) in [6, 6.07) is 12.9. The van der Waals surface area contributed by atoms with Crippen molar-refractivity contribution >= 4 is 0 Å². The predicted octanol–water partition coefficient (Wildman–Crippen LogP) is 3.16. The van der Waals surface area contributed by atoms with E-state index in [0.717, 1.165) is 12.6 Å². The van der Waals surface area contributed by atoms with E-state index < -0.39 is 0 Å². The van der Waals surface area contributed by atoms with Gasteiger partial charge in [-0.25, -0.2) is 0 Å². The number of hydrogen-bond acceptors (Lipinski definition) is 3. The lowest BCUT2D eigenvalue weighted by molar-refractivity contribution is 0.309. The molecule has 2 fully saturated rings. The van der Waals surface area contributed by atoms with E-state index in [1.807, 2.05) is 0 Å². The highest BCUT2D eigenvalue weighted by atomic mass is 15.2. The molecule has 1 aromatic rings. The van der Waals surface area contributed by atoms with E-state index in [1.165, 1.54) is 63.7 Å². The Kier molecular flexibility index (Phi) is 6.49. The Balaban J connectivity index is 1.38. The van der Waals surface area contributed by atoms with Gasteiger partial charge in [0.1, 0.15) is 0 Å². The lowest BCUT2D eigenvalue weighted by Crippen LogP contribution is -2.42. The van der Waals surface area contributed by atoms with Crippen LogP contribution in [0.1, 0.15) is 51.0 Å². The molecule has 128 valence electrons. The van der Waals surface area contributed by atoms with E-state index in [2.05, 4.69) is 52.8 Å². The van der Waals surface area contributed by atoms with E-state index in [4.69, 9.17) is 0 Å². The molecular formula is C20H33N3. The Labute approximate surface area is 141 Å². The van der Waals surface area contributed by atoms with E-state index >= 15 is 0 Å². The van der Waals surface area contributed by atoms with Crippen LogP contribution in [-0.4, -0.2) is 42.7 Å². The summed E-state index contributed by atoms with van der Waals surface area (Å²) in [5.74, 6) is 0. The van der Waals surface area contributed by atoms with Gasteiger partial charge < -0.3 is 10.6 Å². The normalized spacial score (nSPS) is 27.7. The van der Waals surface area contributed by atoms with Crippen LogP contribution in [0.25, 0.3) is 0 Å². The van der Waals surface area contributed by atoms with Crippen molar-refractivity contribution in [1.29, 1.82) is 0 Å². The first-order chi connectivity index (χ1) is 11.3. The molecule has 0 saturated carbocycles. The molecule has 0 spiro atoms. The van der Waals surface area contributed by atoms with Gasteiger partial charge >= 0.3 is 0 Å². The lowest BCUT2D eigenvalue weighted by atomic mass is 10.0. The number of likely N-dealkylation sites (tertiary alicyclic amines) is 1. The van der Waals surface area contributed by atoms with Crippen LogP contribution in [0.15, 0.2) is 30.3 Å². The summed E-state index contributed by atoms with van der Waals surface area (Å²) in [5, 5.41) is 7.61. The first kappa shape index (κ1) is 16.9. The summed E-state index contributed by atoms with van der Waals surface area (Å²) in [6.45, 7) is 7.09. The van der Waals surface area contributed by atoms with Gasteiger partial charge in [0.25, 0.3) is 0 Å². The van der Waals surface area contributed by atoms with Gasteiger partial charge in [-0.15, -0.1) is 0 Å². The molecule has 0 aromatic heterocycles. The molecule has 1 aromatic carbocycles. The standard InChI is InChI=1S/C20H33N3/c1-17(14-19-10-6-3-7-12-21-19)22-20-11-13-23(16-20)15-18-8-4-2-5-9-18/h2,4-5,8-9,17,19-22H,3,6-7,10-16H2,1H3. The average Bonchev–Trinajstić information content (AvgIpc) is 2.82. The van der Waals surface area contributed by atoms with Crippen molar-refractivity contribution in [3.63, 3.8) is 0 Å². The molecule has 2 saturated heterocycles. The Morgan fingerprint density at radius 2 is 2.04 bits per heavy atom. The van der Waals surface area contributed by atoms with Crippen LogP contribution in [-0.2, 0) is 6.54 Å². The summed E-state index contributed by atoms with van der Waals surface area (Å²) >= 11 is 0.